The molecular weight excluding hydrogens is 508 g/mol. The van der Waals surface area contributed by atoms with Gasteiger partial charge >= 0.3 is 12.1 Å². The first-order valence-corrected chi connectivity index (χ1v) is 12.8. The third-order valence-electron chi connectivity index (χ3n) is 5.86. The van der Waals surface area contributed by atoms with E-state index in [1.807, 2.05) is 18.2 Å². The molecule has 35 heavy (non-hydrogen) atoms. The number of ether oxygens (including phenoxy) is 1. The van der Waals surface area contributed by atoms with Gasteiger partial charge in [-0.05, 0) is 56.7 Å². The van der Waals surface area contributed by atoms with E-state index >= 15 is 0 Å². The van der Waals surface area contributed by atoms with Crippen LogP contribution in [-0.4, -0.2) is 22.3 Å². The molecule has 7 nitrogen and oxygen atoms in total. The summed E-state index contributed by atoms with van der Waals surface area (Å²) in [6, 6.07) is 11.1. The first-order valence-electron chi connectivity index (χ1n) is 10.7. The van der Waals surface area contributed by atoms with Crippen molar-refractivity contribution in [3.63, 3.8) is 0 Å². The number of hydrogen-bond donors (Lipinski definition) is 2. The largest absolute Gasteiger partial charge is 0.481 e. The van der Waals surface area contributed by atoms with Gasteiger partial charge in [-0.2, -0.15) is 0 Å². The molecule has 1 amide bonds. The number of carboxylic acids is 1. The Morgan fingerprint density at radius 1 is 1.23 bits per heavy atom. The van der Waals surface area contributed by atoms with E-state index in [1.54, 1.807) is 32.0 Å². The summed E-state index contributed by atoms with van der Waals surface area (Å²) in [7, 11) is 0. The number of carbonyl (C=O) groups excluding carboxylic acids is 1. The second-order valence-electron chi connectivity index (χ2n) is 8.24. The molecule has 1 fully saturated rings. The lowest BCUT2D eigenvalue weighted by Crippen LogP contribution is -2.17. The summed E-state index contributed by atoms with van der Waals surface area (Å²) in [5.74, 6) is 5.65. The molecular formula is C25H19ClN2O5S2. The summed E-state index contributed by atoms with van der Waals surface area (Å²) in [5.41, 5.74) is 0.617. The molecule has 0 spiro atoms. The second kappa shape index (κ2) is 9.04. The zero-order chi connectivity index (χ0) is 24.7. The van der Waals surface area contributed by atoms with Gasteiger partial charge in [-0.1, -0.05) is 35.0 Å². The minimum Gasteiger partial charge on any atom is -0.481 e. The molecule has 3 heterocycles. The number of carboxylic acid groups (broad SMARTS) is 1. The molecule has 1 atom stereocenters. The Morgan fingerprint density at radius 2 is 1.97 bits per heavy atom. The molecule has 0 saturated heterocycles. The first kappa shape index (κ1) is 23.4. The van der Waals surface area contributed by atoms with Gasteiger partial charge in [-0.15, -0.1) is 22.7 Å². The average Bonchev–Trinajstić information content (AvgIpc) is 3.25. The van der Waals surface area contributed by atoms with E-state index in [2.05, 4.69) is 22.3 Å². The minimum absolute atomic E-state index is 0.283. The molecule has 0 radical (unpaired) electrons. The maximum Gasteiger partial charge on any atom is 0.412 e. The van der Waals surface area contributed by atoms with Crippen molar-refractivity contribution in [2.75, 3.05) is 5.32 Å². The number of rotatable bonds is 5. The van der Waals surface area contributed by atoms with Crippen molar-refractivity contribution in [1.29, 1.82) is 0 Å². The van der Waals surface area contributed by atoms with Crippen LogP contribution in [0.2, 0.25) is 5.02 Å². The van der Waals surface area contributed by atoms with Gasteiger partial charge in [0.1, 0.15) is 17.2 Å². The van der Waals surface area contributed by atoms with Crippen molar-refractivity contribution >= 4 is 61.4 Å². The third-order valence-corrected chi connectivity index (χ3v) is 8.62. The quantitative estimate of drug-likeness (QED) is 0.279. The highest BCUT2D eigenvalue weighted by Crippen LogP contribution is 2.52. The van der Waals surface area contributed by atoms with Crippen LogP contribution in [0.5, 0.6) is 0 Å². The van der Waals surface area contributed by atoms with Crippen molar-refractivity contribution in [3.05, 3.63) is 68.2 Å². The zero-order valence-corrected chi connectivity index (χ0v) is 21.1. The van der Waals surface area contributed by atoms with Gasteiger partial charge in [-0.3, -0.25) is 10.1 Å². The van der Waals surface area contributed by atoms with Gasteiger partial charge in [0.15, 0.2) is 11.5 Å². The molecule has 1 saturated carbocycles. The molecule has 2 N–H and O–H groups in total. The van der Waals surface area contributed by atoms with Crippen LogP contribution < -0.4 is 5.32 Å². The van der Waals surface area contributed by atoms with E-state index in [0.29, 0.717) is 34.9 Å². The SMILES string of the molecule is Cc1onc(C#Cc2cc3sc(C4(C(=O)O)CC4)cc3s2)c1NC(=O)OC(C)c1ccccc1Cl. The molecule has 178 valence electrons. The lowest BCUT2D eigenvalue weighted by Gasteiger charge is -2.15. The van der Waals surface area contributed by atoms with Crippen molar-refractivity contribution < 1.29 is 24.0 Å². The number of aliphatic carboxylic acids is 1. The van der Waals surface area contributed by atoms with E-state index in [1.165, 1.54) is 22.7 Å². The number of amides is 1. The number of anilines is 1. The zero-order valence-electron chi connectivity index (χ0n) is 18.7. The number of benzene rings is 1. The summed E-state index contributed by atoms with van der Waals surface area (Å²) in [5, 5.41) is 16.7. The van der Waals surface area contributed by atoms with E-state index < -0.39 is 23.6 Å². The Kier molecular flexibility index (Phi) is 6.05. The van der Waals surface area contributed by atoms with Crippen LogP contribution in [0.1, 0.15) is 52.6 Å². The molecule has 0 aliphatic heterocycles. The predicted octanol–water partition coefficient (Wildman–Crippen LogP) is 6.74. The standard InChI is InChI=1S/C25H19ClN2O5S2/c1-13(16-5-3-4-6-17(16)26)32-24(31)27-22-14(2)33-28-18(22)8-7-15-11-19-20(34-15)12-21(35-19)25(9-10-25)23(29)30/h3-6,11-13H,9-10H2,1-2H3,(H,27,31)(H,29,30). The van der Waals surface area contributed by atoms with Crippen LogP contribution in [0.15, 0.2) is 40.9 Å². The van der Waals surface area contributed by atoms with Gasteiger partial charge in [0.05, 0.1) is 4.88 Å². The highest BCUT2D eigenvalue weighted by molar-refractivity contribution is 7.28. The topological polar surface area (TPSA) is 102 Å². The maximum atomic E-state index is 12.5. The van der Waals surface area contributed by atoms with Gasteiger partial charge in [0.25, 0.3) is 0 Å². The number of thiophene rings is 2. The molecule has 4 aromatic rings. The van der Waals surface area contributed by atoms with Gasteiger partial charge < -0.3 is 14.4 Å². The van der Waals surface area contributed by atoms with Crippen molar-refractivity contribution in [2.45, 2.75) is 38.2 Å². The summed E-state index contributed by atoms with van der Waals surface area (Å²) in [6.07, 6.45) is 0.134. The van der Waals surface area contributed by atoms with E-state index in [0.717, 1.165) is 19.2 Å². The molecule has 5 rings (SSSR count). The van der Waals surface area contributed by atoms with Crippen LogP contribution in [0.25, 0.3) is 9.40 Å². The minimum atomic E-state index is -0.757. The fraction of sp³-hybridized carbons (Fsp3) is 0.240. The highest BCUT2D eigenvalue weighted by atomic mass is 35.5. The number of aromatic nitrogens is 1. The maximum absolute atomic E-state index is 12.5. The number of carbonyl (C=O) groups is 2. The van der Waals surface area contributed by atoms with E-state index in [-0.39, 0.29) is 5.69 Å². The van der Waals surface area contributed by atoms with Crippen LogP contribution in [0, 0.1) is 18.8 Å². The van der Waals surface area contributed by atoms with E-state index in [9.17, 15) is 14.7 Å². The van der Waals surface area contributed by atoms with Crippen LogP contribution >= 0.6 is 34.3 Å². The molecule has 1 aromatic carbocycles. The normalized spacial score (nSPS) is 14.7. The number of fused-ring (bicyclic) bond motifs is 1. The lowest BCUT2D eigenvalue weighted by molar-refractivity contribution is -0.139. The Bertz CT molecular complexity index is 1490. The number of aryl methyl sites for hydroxylation is 1. The number of nitrogens with one attached hydrogen (secondary N) is 1. The molecule has 1 unspecified atom stereocenters. The van der Waals surface area contributed by atoms with Crippen molar-refractivity contribution in [2.24, 2.45) is 0 Å². The van der Waals surface area contributed by atoms with Gasteiger partial charge in [0, 0.05) is 24.9 Å². The highest BCUT2D eigenvalue weighted by Gasteiger charge is 2.53. The van der Waals surface area contributed by atoms with E-state index in [4.69, 9.17) is 20.9 Å². The molecule has 0 bridgehead atoms. The first-order chi connectivity index (χ1) is 16.8. The average molecular weight is 527 g/mol. The summed E-state index contributed by atoms with van der Waals surface area (Å²) in [6.45, 7) is 3.40. The summed E-state index contributed by atoms with van der Waals surface area (Å²) >= 11 is 9.18. The second-order valence-corrected chi connectivity index (χ2v) is 10.8. The fourth-order valence-corrected chi connectivity index (χ4v) is 6.49. The Hall–Kier alpha value is -3.32. The lowest BCUT2D eigenvalue weighted by atomic mass is 10.1. The van der Waals surface area contributed by atoms with Crippen LogP contribution in [0.3, 0.4) is 0 Å². The predicted molar refractivity (Wildman–Crippen MR) is 135 cm³/mol. The smallest absolute Gasteiger partial charge is 0.412 e. The van der Waals surface area contributed by atoms with Gasteiger partial charge in [0.2, 0.25) is 0 Å². The van der Waals surface area contributed by atoms with Crippen molar-refractivity contribution in [1.82, 2.24) is 5.16 Å². The van der Waals surface area contributed by atoms with Crippen LogP contribution in [0.4, 0.5) is 10.5 Å². The fourth-order valence-electron chi connectivity index (χ4n) is 3.71. The van der Waals surface area contributed by atoms with Gasteiger partial charge in [-0.25, -0.2) is 4.79 Å². The Labute approximate surface area is 213 Å². The monoisotopic (exact) mass is 526 g/mol. The molecule has 3 aromatic heterocycles. The summed E-state index contributed by atoms with van der Waals surface area (Å²) < 4.78 is 12.7. The number of halogens is 1. The van der Waals surface area contributed by atoms with Crippen molar-refractivity contribution in [3.8, 4) is 11.8 Å². The molecule has 1 aliphatic rings. The van der Waals surface area contributed by atoms with Crippen LogP contribution in [-0.2, 0) is 14.9 Å². The third kappa shape index (κ3) is 4.52. The molecule has 1 aliphatic carbocycles. The number of nitrogens with zero attached hydrogens (tertiary/aromatic N) is 1. The Balaban J connectivity index is 1.30. The Morgan fingerprint density at radius 3 is 2.66 bits per heavy atom. The number of hydrogen-bond acceptors (Lipinski definition) is 7. The summed E-state index contributed by atoms with van der Waals surface area (Å²) in [4.78, 5) is 25.8. The molecule has 10 heteroatoms.